The summed E-state index contributed by atoms with van der Waals surface area (Å²) in [4.78, 5) is 27.3. The molecule has 0 bridgehead atoms. The van der Waals surface area contributed by atoms with Crippen LogP contribution in [0.15, 0.2) is 9.59 Å². The third-order valence-corrected chi connectivity index (χ3v) is 5.07. The second-order valence-corrected chi connectivity index (χ2v) is 6.44. The first-order valence-electron chi connectivity index (χ1n) is 8.18. The summed E-state index contributed by atoms with van der Waals surface area (Å²) in [6.45, 7) is 3.81. The number of aromatic nitrogens is 2. The van der Waals surface area contributed by atoms with Crippen molar-refractivity contribution in [3.8, 4) is 0 Å². The highest BCUT2D eigenvalue weighted by Crippen LogP contribution is 2.29. The summed E-state index contributed by atoms with van der Waals surface area (Å²) in [5.41, 5.74) is 1.34. The van der Waals surface area contributed by atoms with Gasteiger partial charge in [-0.25, -0.2) is 4.79 Å². The van der Waals surface area contributed by atoms with E-state index in [0.29, 0.717) is 0 Å². The average molecular weight is 291 g/mol. The van der Waals surface area contributed by atoms with E-state index < -0.39 is 0 Å². The Hall–Kier alpha value is -1.52. The van der Waals surface area contributed by atoms with E-state index in [1.165, 1.54) is 23.8 Å². The van der Waals surface area contributed by atoms with Crippen LogP contribution in [0.5, 0.6) is 0 Å². The van der Waals surface area contributed by atoms with Crippen molar-refractivity contribution in [1.29, 1.82) is 0 Å². The molecule has 21 heavy (non-hydrogen) atoms. The number of hydrogen-bond donors (Lipinski definition) is 0. The summed E-state index contributed by atoms with van der Waals surface area (Å²) in [6, 6.07) is 0.263. The first-order chi connectivity index (χ1) is 10.1. The molecule has 2 heterocycles. The molecule has 0 unspecified atom stereocenters. The Labute approximate surface area is 125 Å². The Morgan fingerprint density at radius 1 is 0.952 bits per heavy atom. The van der Waals surface area contributed by atoms with Crippen molar-refractivity contribution < 1.29 is 0 Å². The van der Waals surface area contributed by atoms with E-state index in [1.807, 2.05) is 11.5 Å². The van der Waals surface area contributed by atoms with Crippen molar-refractivity contribution in [1.82, 2.24) is 9.13 Å². The van der Waals surface area contributed by atoms with E-state index in [-0.39, 0.29) is 17.3 Å². The maximum atomic E-state index is 12.6. The summed E-state index contributed by atoms with van der Waals surface area (Å²) in [5.74, 6) is 0. The molecule has 1 aliphatic carbocycles. The second-order valence-electron chi connectivity index (χ2n) is 6.44. The van der Waals surface area contributed by atoms with Gasteiger partial charge in [0.2, 0.25) is 0 Å². The van der Waals surface area contributed by atoms with Gasteiger partial charge in [0.25, 0.3) is 5.56 Å². The van der Waals surface area contributed by atoms with Gasteiger partial charge in [-0.15, -0.1) is 0 Å². The van der Waals surface area contributed by atoms with Crippen LogP contribution in [0.4, 0.5) is 5.69 Å². The quantitative estimate of drug-likeness (QED) is 0.837. The molecule has 0 spiro atoms. The monoisotopic (exact) mass is 291 g/mol. The van der Waals surface area contributed by atoms with Crippen LogP contribution in [0.25, 0.3) is 0 Å². The highest BCUT2D eigenvalue weighted by molar-refractivity contribution is 5.49. The van der Waals surface area contributed by atoms with Crippen LogP contribution in [0, 0.1) is 6.92 Å². The standard InChI is InChI=1S/C16H25N3O2/c1-12-14(18-10-6-7-11-18)15(20)17(2)16(21)19(12)13-8-4-3-5-9-13/h13H,3-11H2,1-2H3. The topological polar surface area (TPSA) is 47.2 Å². The molecule has 5 heteroatoms. The summed E-state index contributed by atoms with van der Waals surface area (Å²) in [5, 5.41) is 0. The lowest BCUT2D eigenvalue weighted by molar-refractivity contribution is 0.332. The Bertz CT molecular complexity index is 632. The Morgan fingerprint density at radius 2 is 1.57 bits per heavy atom. The first kappa shape index (κ1) is 14.4. The molecule has 5 nitrogen and oxygen atoms in total. The van der Waals surface area contributed by atoms with Gasteiger partial charge in [0.05, 0.1) is 0 Å². The molecule has 2 aliphatic rings. The zero-order chi connectivity index (χ0) is 15.0. The lowest BCUT2D eigenvalue weighted by atomic mass is 9.95. The fraction of sp³-hybridized carbons (Fsp3) is 0.750. The normalized spacial score (nSPS) is 20.2. The molecule has 0 radical (unpaired) electrons. The van der Waals surface area contributed by atoms with Crippen molar-refractivity contribution in [3.05, 3.63) is 26.5 Å². The van der Waals surface area contributed by atoms with Crippen molar-refractivity contribution in [2.45, 2.75) is 57.9 Å². The molecule has 1 aromatic heterocycles. The van der Waals surface area contributed by atoms with Gasteiger partial charge >= 0.3 is 5.69 Å². The molecule has 1 saturated heterocycles. The van der Waals surface area contributed by atoms with Gasteiger partial charge in [0.1, 0.15) is 5.69 Å². The molecule has 1 aromatic rings. The van der Waals surface area contributed by atoms with E-state index in [0.717, 1.165) is 50.2 Å². The molecule has 0 amide bonds. The van der Waals surface area contributed by atoms with Crippen LogP contribution in [0.2, 0.25) is 0 Å². The highest BCUT2D eigenvalue weighted by Gasteiger charge is 2.26. The number of rotatable bonds is 2. The lowest BCUT2D eigenvalue weighted by Gasteiger charge is -2.29. The fourth-order valence-electron chi connectivity index (χ4n) is 3.89. The van der Waals surface area contributed by atoms with Crippen molar-refractivity contribution in [3.63, 3.8) is 0 Å². The molecule has 0 N–H and O–H groups in total. The predicted molar refractivity (Wildman–Crippen MR) is 84.2 cm³/mol. The minimum Gasteiger partial charge on any atom is -0.366 e. The number of nitrogens with zero attached hydrogens (tertiary/aromatic N) is 3. The van der Waals surface area contributed by atoms with E-state index in [4.69, 9.17) is 0 Å². The van der Waals surface area contributed by atoms with E-state index in [2.05, 4.69) is 4.90 Å². The van der Waals surface area contributed by atoms with Crippen molar-refractivity contribution in [2.24, 2.45) is 7.05 Å². The van der Waals surface area contributed by atoms with Gasteiger partial charge in [-0.3, -0.25) is 13.9 Å². The van der Waals surface area contributed by atoms with Crippen LogP contribution >= 0.6 is 0 Å². The second kappa shape index (κ2) is 5.70. The largest absolute Gasteiger partial charge is 0.366 e. The summed E-state index contributed by atoms with van der Waals surface area (Å²) >= 11 is 0. The van der Waals surface area contributed by atoms with Gasteiger partial charge in [-0.2, -0.15) is 0 Å². The highest BCUT2D eigenvalue weighted by atomic mass is 16.2. The Kier molecular flexibility index (Phi) is 3.91. The molecule has 1 saturated carbocycles. The third-order valence-electron chi connectivity index (χ3n) is 5.07. The van der Waals surface area contributed by atoms with Gasteiger partial charge < -0.3 is 4.90 Å². The molecule has 1 aliphatic heterocycles. The van der Waals surface area contributed by atoms with Gasteiger partial charge in [0.15, 0.2) is 0 Å². The minimum absolute atomic E-state index is 0.133. The zero-order valence-electron chi connectivity index (χ0n) is 13.1. The van der Waals surface area contributed by atoms with E-state index in [9.17, 15) is 9.59 Å². The molecular formula is C16H25N3O2. The SMILES string of the molecule is Cc1c(N2CCCC2)c(=O)n(C)c(=O)n1C1CCCCC1. The predicted octanol–water partition coefficient (Wildman–Crippen LogP) is 1.96. The van der Waals surface area contributed by atoms with Crippen LogP contribution in [-0.4, -0.2) is 22.2 Å². The zero-order valence-corrected chi connectivity index (χ0v) is 13.1. The Balaban J connectivity index is 2.14. The van der Waals surface area contributed by atoms with Crippen LogP contribution in [0.1, 0.15) is 56.7 Å². The van der Waals surface area contributed by atoms with Crippen LogP contribution in [0.3, 0.4) is 0 Å². The maximum absolute atomic E-state index is 12.6. The van der Waals surface area contributed by atoms with E-state index >= 15 is 0 Å². The molecular weight excluding hydrogens is 266 g/mol. The number of hydrogen-bond acceptors (Lipinski definition) is 3. The Morgan fingerprint density at radius 3 is 2.19 bits per heavy atom. The smallest absolute Gasteiger partial charge is 0.331 e. The summed E-state index contributed by atoms with van der Waals surface area (Å²) in [7, 11) is 1.61. The van der Waals surface area contributed by atoms with Gasteiger partial charge in [0, 0.05) is 31.9 Å². The van der Waals surface area contributed by atoms with Crippen LogP contribution < -0.4 is 16.1 Å². The first-order valence-corrected chi connectivity index (χ1v) is 8.18. The molecule has 0 atom stereocenters. The summed E-state index contributed by atoms with van der Waals surface area (Å²) < 4.78 is 3.20. The third kappa shape index (κ3) is 2.43. The minimum atomic E-state index is -0.146. The van der Waals surface area contributed by atoms with Crippen molar-refractivity contribution >= 4 is 5.69 Å². The molecule has 3 rings (SSSR count). The van der Waals surface area contributed by atoms with Crippen LogP contribution in [-0.2, 0) is 7.05 Å². The molecule has 2 fully saturated rings. The molecule has 116 valence electrons. The number of anilines is 1. The van der Waals surface area contributed by atoms with E-state index in [1.54, 1.807) is 7.05 Å². The fourth-order valence-corrected chi connectivity index (χ4v) is 3.89. The maximum Gasteiger partial charge on any atom is 0.331 e. The van der Waals surface area contributed by atoms with Gasteiger partial charge in [-0.05, 0) is 32.6 Å². The molecule has 0 aromatic carbocycles. The lowest BCUT2D eigenvalue weighted by Crippen LogP contribution is -2.44. The van der Waals surface area contributed by atoms with Crippen molar-refractivity contribution in [2.75, 3.05) is 18.0 Å². The van der Waals surface area contributed by atoms with Gasteiger partial charge in [-0.1, -0.05) is 19.3 Å². The average Bonchev–Trinajstić information content (AvgIpc) is 3.00. The summed E-state index contributed by atoms with van der Waals surface area (Å²) in [6.07, 6.45) is 7.99.